The van der Waals surface area contributed by atoms with Crippen LogP contribution < -0.4 is 20.0 Å². The van der Waals surface area contributed by atoms with E-state index < -0.39 is 28.6 Å². The Labute approximate surface area is 237 Å². The zero-order valence-corrected chi connectivity index (χ0v) is 23.5. The molecule has 5 aromatic rings. The maximum atomic E-state index is 14.0. The monoisotopic (exact) mass is 572 g/mol. The third-order valence-corrected chi connectivity index (χ3v) is 8.28. The molecule has 0 aliphatic carbocycles. The number of aromatic nitrogens is 3. The molecule has 210 valence electrons. The predicted octanol–water partition coefficient (Wildman–Crippen LogP) is 4.83. The summed E-state index contributed by atoms with van der Waals surface area (Å²) in [6.07, 6.45) is 1.92. The maximum Gasteiger partial charge on any atom is 0.434 e. The molecule has 1 amide bonds. The number of carbonyl (C=O) groups excluding carboxylic acids is 1. The summed E-state index contributed by atoms with van der Waals surface area (Å²) in [4.78, 5) is 26.0. The lowest BCUT2D eigenvalue weighted by Gasteiger charge is -2.18. The van der Waals surface area contributed by atoms with Gasteiger partial charge < -0.3 is 18.5 Å². The lowest BCUT2D eigenvalue weighted by atomic mass is 9.90. The molecule has 2 atom stereocenters. The number of fused-ring (bicyclic) bond motifs is 2. The Balaban J connectivity index is 1.42. The first-order valence-electron chi connectivity index (χ1n) is 13.2. The van der Waals surface area contributed by atoms with Gasteiger partial charge in [0.2, 0.25) is 18.6 Å². The minimum Gasteiger partial charge on any atom is -0.454 e. The number of benzene rings is 3. The summed E-state index contributed by atoms with van der Waals surface area (Å²) in [7, 11) is -1.77. The van der Waals surface area contributed by atoms with E-state index in [1.807, 2.05) is 48.0 Å². The van der Waals surface area contributed by atoms with Crippen molar-refractivity contribution in [2.24, 2.45) is 0 Å². The molecule has 3 heterocycles. The van der Waals surface area contributed by atoms with Crippen molar-refractivity contribution in [3.05, 3.63) is 94.1 Å². The number of H-pyrrole nitrogens is 1. The maximum absolute atomic E-state index is 14.0. The summed E-state index contributed by atoms with van der Waals surface area (Å²) in [6.45, 7) is 6.89. The van der Waals surface area contributed by atoms with Gasteiger partial charge in [0.1, 0.15) is 0 Å². The molecule has 0 saturated heterocycles. The van der Waals surface area contributed by atoms with E-state index in [2.05, 4.69) is 28.8 Å². The van der Waals surface area contributed by atoms with Crippen LogP contribution in [0.5, 0.6) is 11.5 Å². The molecule has 41 heavy (non-hydrogen) atoms. The molecule has 1 aliphatic heterocycles. The van der Waals surface area contributed by atoms with Gasteiger partial charge in [0, 0.05) is 29.2 Å². The van der Waals surface area contributed by atoms with Crippen LogP contribution in [-0.2, 0) is 22.3 Å². The Morgan fingerprint density at radius 2 is 1.80 bits per heavy atom. The van der Waals surface area contributed by atoms with E-state index in [0.717, 1.165) is 22.0 Å². The second kappa shape index (κ2) is 10.7. The fourth-order valence-corrected chi connectivity index (χ4v) is 5.85. The van der Waals surface area contributed by atoms with Crippen LogP contribution in [0.2, 0.25) is 0 Å². The minimum atomic E-state index is -1.77. The van der Waals surface area contributed by atoms with Crippen LogP contribution in [0.1, 0.15) is 49.3 Å². The van der Waals surface area contributed by atoms with E-state index in [1.54, 1.807) is 30.3 Å². The summed E-state index contributed by atoms with van der Waals surface area (Å²) < 4.78 is 34.3. The highest BCUT2D eigenvalue weighted by molar-refractivity contribution is 7.83. The molecule has 3 aromatic carbocycles. The number of rotatable bonds is 8. The third kappa shape index (κ3) is 5.04. The van der Waals surface area contributed by atoms with Crippen molar-refractivity contribution in [1.82, 2.24) is 19.5 Å². The summed E-state index contributed by atoms with van der Waals surface area (Å²) in [5.41, 5.74) is 3.95. The lowest BCUT2D eigenvalue weighted by Crippen LogP contribution is -2.31. The van der Waals surface area contributed by atoms with E-state index >= 15 is 0 Å². The Morgan fingerprint density at radius 1 is 1.05 bits per heavy atom. The van der Waals surface area contributed by atoms with Gasteiger partial charge in [-0.25, -0.2) is 14.1 Å². The molecule has 1 aliphatic rings. The van der Waals surface area contributed by atoms with Crippen LogP contribution in [0.3, 0.4) is 0 Å². The third-order valence-electron chi connectivity index (χ3n) is 7.20. The standard InChI is InChI=1S/C30H28N4O6S/c1-4-34-15-23(22-11-7-20(13-24(22)34)29-31-32-30(36)40-29)27(19-8-12-25-26(14-19)39-16-38-25)28(35)33-41(37)21-9-5-18(6-10-21)17(2)3/h5-15,17,27H,4,16H2,1-3H3,(H,32,36)(H,33,35). The van der Waals surface area contributed by atoms with Crippen molar-refractivity contribution in [2.75, 3.05) is 6.79 Å². The highest BCUT2D eigenvalue weighted by Gasteiger charge is 2.30. The van der Waals surface area contributed by atoms with Gasteiger partial charge in [-0.1, -0.05) is 38.1 Å². The quantitative estimate of drug-likeness (QED) is 0.273. The van der Waals surface area contributed by atoms with Crippen molar-refractivity contribution >= 4 is 27.8 Å². The molecule has 10 nitrogen and oxygen atoms in total. The predicted molar refractivity (Wildman–Crippen MR) is 153 cm³/mol. The van der Waals surface area contributed by atoms with Crippen LogP contribution in [0.4, 0.5) is 0 Å². The molecular weight excluding hydrogens is 544 g/mol. The molecule has 6 rings (SSSR count). The highest BCUT2D eigenvalue weighted by atomic mass is 32.2. The normalized spacial score (nSPS) is 14.0. The van der Waals surface area contributed by atoms with Gasteiger partial charge in [0.15, 0.2) is 22.5 Å². The zero-order chi connectivity index (χ0) is 28.7. The first-order valence-corrected chi connectivity index (χ1v) is 14.4. The van der Waals surface area contributed by atoms with Crippen molar-refractivity contribution in [2.45, 2.75) is 44.0 Å². The molecule has 0 fully saturated rings. The lowest BCUT2D eigenvalue weighted by molar-refractivity contribution is -0.119. The number of amides is 1. The molecule has 0 spiro atoms. The Kier molecular flexibility index (Phi) is 6.96. The second-order valence-electron chi connectivity index (χ2n) is 10.0. The van der Waals surface area contributed by atoms with Gasteiger partial charge in [0.05, 0.1) is 10.8 Å². The van der Waals surface area contributed by atoms with Crippen LogP contribution in [-0.4, -0.2) is 31.7 Å². The van der Waals surface area contributed by atoms with Crippen molar-refractivity contribution in [3.63, 3.8) is 0 Å². The van der Waals surface area contributed by atoms with Crippen LogP contribution in [0.15, 0.2) is 81.0 Å². The van der Waals surface area contributed by atoms with Crippen molar-refractivity contribution in [1.29, 1.82) is 0 Å². The first kappa shape index (κ1) is 26.6. The van der Waals surface area contributed by atoms with Crippen molar-refractivity contribution in [3.8, 4) is 23.0 Å². The second-order valence-corrected chi connectivity index (χ2v) is 11.2. The topological polar surface area (TPSA) is 128 Å². The van der Waals surface area contributed by atoms with Gasteiger partial charge in [-0.05, 0) is 65.9 Å². The molecule has 0 bridgehead atoms. The first-order chi connectivity index (χ1) is 19.8. The van der Waals surface area contributed by atoms with Crippen molar-refractivity contribution < 1.29 is 22.9 Å². The van der Waals surface area contributed by atoms with Gasteiger partial charge >= 0.3 is 5.76 Å². The largest absolute Gasteiger partial charge is 0.454 e. The van der Waals surface area contributed by atoms with Gasteiger partial charge in [-0.2, -0.15) is 0 Å². The van der Waals surface area contributed by atoms with Crippen LogP contribution in [0.25, 0.3) is 22.4 Å². The molecule has 2 aromatic heterocycles. The minimum absolute atomic E-state index is 0.104. The number of aromatic amines is 1. The van der Waals surface area contributed by atoms with Gasteiger partial charge in [0.25, 0.3) is 0 Å². The van der Waals surface area contributed by atoms with Gasteiger partial charge in [-0.3, -0.25) is 9.52 Å². The summed E-state index contributed by atoms with van der Waals surface area (Å²) >= 11 is 0. The number of aryl methyl sites for hydroxylation is 1. The van der Waals surface area contributed by atoms with Crippen LogP contribution >= 0.6 is 0 Å². The van der Waals surface area contributed by atoms with Gasteiger partial charge in [-0.15, -0.1) is 5.10 Å². The SMILES string of the molecule is CCn1cc(C(C(=O)NS(=O)c2ccc(C(C)C)cc2)c2ccc3c(c2)OCO3)c2ccc(-c3n[nH]c(=O)o3)cc21. The van der Waals surface area contributed by atoms with E-state index in [9.17, 15) is 13.8 Å². The number of hydrogen-bond acceptors (Lipinski definition) is 7. The van der Waals surface area contributed by atoms with E-state index in [0.29, 0.717) is 40.0 Å². The zero-order valence-electron chi connectivity index (χ0n) is 22.7. The summed E-state index contributed by atoms with van der Waals surface area (Å²) in [5, 5.41) is 7.04. The smallest absolute Gasteiger partial charge is 0.434 e. The molecule has 0 saturated carbocycles. The average molecular weight is 573 g/mol. The van der Waals surface area contributed by atoms with E-state index in [1.165, 1.54) is 0 Å². The fourth-order valence-electron chi connectivity index (χ4n) is 5.05. The number of carbonyl (C=O) groups is 1. The van der Waals surface area contributed by atoms with E-state index in [-0.39, 0.29) is 12.7 Å². The molecule has 2 unspecified atom stereocenters. The molecular formula is C30H28N4O6S. The number of ether oxygens (including phenoxy) is 2. The number of hydrogen-bond donors (Lipinski definition) is 2. The summed E-state index contributed by atoms with van der Waals surface area (Å²) in [5.74, 6) is -0.226. The molecule has 11 heteroatoms. The summed E-state index contributed by atoms with van der Waals surface area (Å²) in [6, 6.07) is 18.3. The Hall–Kier alpha value is -4.64. The fraction of sp³-hybridized carbons (Fsp3) is 0.233. The number of nitrogens with one attached hydrogen (secondary N) is 2. The Bertz CT molecular complexity index is 1840. The number of nitrogens with zero attached hydrogens (tertiary/aromatic N) is 2. The van der Waals surface area contributed by atoms with E-state index in [4.69, 9.17) is 13.9 Å². The average Bonchev–Trinajstić information content (AvgIpc) is 3.71. The van der Waals surface area contributed by atoms with Crippen LogP contribution in [0, 0.1) is 0 Å². The molecule has 2 N–H and O–H groups in total. The molecule has 0 radical (unpaired) electrons. The Morgan fingerprint density at radius 3 is 2.51 bits per heavy atom. The highest BCUT2D eigenvalue weighted by Crippen LogP contribution is 2.39.